The summed E-state index contributed by atoms with van der Waals surface area (Å²) in [5, 5.41) is 2.62. The van der Waals surface area contributed by atoms with E-state index < -0.39 is 28.7 Å². The number of amides is 1. The van der Waals surface area contributed by atoms with E-state index in [0.717, 1.165) is 18.5 Å². The van der Waals surface area contributed by atoms with E-state index in [1.165, 1.54) is 0 Å². The predicted molar refractivity (Wildman–Crippen MR) is 87.2 cm³/mol. The highest BCUT2D eigenvalue weighted by molar-refractivity contribution is 5.95. The van der Waals surface area contributed by atoms with E-state index in [0.29, 0.717) is 13.1 Å². The Hall–Kier alpha value is -1.67. The smallest absolute Gasteiger partial charge is 0.373 e. The standard InChI is InChI=1S/C17H24F3N3O2/c1-11-8-23(9-12(2)25-11)16(3,4)10-22-15(24)13-7-21-6-5-14(13)17(18,19)20/h5-7,11-12H,8-10H2,1-4H3,(H,22,24). The van der Waals surface area contributed by atoms with Gasteiger partial charge < -0.3 is 10.1 Å². The number of nitrogens with one attached hydrogen (secondary N) is 1. The van der Waals surface area contributed by atoms with Gasteiger partial charge in [0.25, 0.3) is 5.91 Å². The van der Waals surface area contributed by atoms with Crippen LogP contribution >= 0.6 is 0 Å². The van der Waals surface area contributed by atoms with E-state index in [2.05, 4.69) is 15.2 Å². The van der Waals surface area contributed by atoms with Gasteiger partial charge >= 0.3 is 6.18 Å². The number of rotatable bonds is 4. The molecule has 2 heterocycles. The van der Waals surface area contributed by atoms with E-state index in [9.17, 15) is 18.0 Å². The molecule has 140 valence electrons. The molecule has 0 saturated carbocycles. The lowest BCUT2D eigenvalue weighted by Gasteiger charge is -2.45. The Bertz CT molecular complexity index is 609. The van der Waals surface area contributed by atoms with Gasteiger partial charge in [0.1, 0.15) is 0 Å². The summed E-state index contributed by atoms with van der Waals surface area (Å²) in [5.41, 5.74) is -1.86. The molecule has 1 aromatic heterocycles. The van der Waals surface area contributed by atoms with Crippen LogP contribution in [0.25, 0.3) is 0 Å². The number of ether oxygens (including phenoxy) is 1. The Morgan fingerprint density at radius 2 is 1.92 bits per heavy atom. The van der Waals surface area contributed by atoms with Crippen molar-refractivity contribution in [2.75, 3.05) is 19.6 Å². The number of nitrogens with zero attached hydrogens (tertiary/aromatic N) is 2. The van der Waals surface area contributed by atoms with Crippen LogP contribution in [0.5, 0.6) is 0 Å². The van der Waals surface area contributed by atoms with Crippen LogP contribution in [0, 0.1) is 0 Å². The molecule has 1 N–H and O–H groups in total. The van der Waals surface area contributed by atoms with Crippen LogP contribution in [0.3, 0.4) is 0 Å². The van der Waals surface area contributed by atoms with Crippen molar-refractivity contribution in [1.82, 2.24) is 15.2 Å². The third-order valence-corrected chi connectivity index (χ3v) is 4.33. The quantitative estimate of drug-likeness (QED) is 0.898. The van der Waals surface area contributed by atoms with Gasteiger partial charge in [-0.15, -0.1) is 0 Å². The molecule has 0 aromatic carbocycles. The summed E-state index contributed by atoms with van der Waals surface area (Å²) in [6.07, 6.45) is -2.49. The van der Waals surface area contributed by atoms with Gasteiger partial charge in [0.2, 0.25) is 0 Å². The van der Waals surface area contributed by atoms with E-state index in [-0.39, 0.29) is 18.8 Å². The van der Waals surface area contributed by atoms with Crippen molar-refractivity contribution in [3.63, 3.8) is 0 Å². The van der Waals surface area contributed by atoms with Crippen molar-refractivity contribution in [3.8, 4) is 0 Å². The maximum absolute atomic E-state index is 13.0. The summed E-state index contributed by atoms with van der Waals surface area (Å²) in [7, 11) is 0. The van der Waals surface area contributed by atoms with Crippen LogP contribution in [0.2, 0.25) is 0 Å². The summed E-state index contributed by atoms with van der Waals surface area (Å²) >= 11 is 0. The number of pyridine rings is 1. The molecule has 8 heteroatoms. The highest BCUT2D eigenvalue weighted by Gasteiger charge is 2.37. The van der Waals surface area contributed by atoms with E-state index >= 15 is 0 Å². The van der Waals surface area contributed by atoms with Crippen LogP contribution in [0.4, 0.5) is 13.2 Å². The second-order valence-corrected chi connectivity index (χ2v) is 7.08. The highest BCUT2D eigenvalue weighted by Crippen LogP contribution is 2.31. The molecule has 0 spiro atoms. The molecule has 1 amide bonds. The zero-order valence-electron chi connectivity index (χ0n) is 14.9. The Morgan fingerprint density at radius 1 is 1.32 bits per heavy atom. The summed E-state index contributed by atoms with van der Waals surface area (Å²) in [5.74, 6) is -0.775. The molecule has 0 radical (unpaired) electrons. The average Bonchev–Trinajstić information content (AvgIpc) is 2.51. The largest absolute Gasteiger partial charge is 0.417 e. The van der Waals surface area contributed by atoms with E-state index in [1.807, 2.05) is 27.7 Å². The molecular weight excluding hydrogens is 335 g/mol. The fourth-order valence-electron chi connectivity index (χ4n) is 3.00. The first-order chi connectivity index (χ1) is 11.5. The monoisotopic (exact) mass is 359 g/mol. The molecule has 1 aromatic rings. The number of hydrogen-bond donors (Lipinski definition) is 1. The zero-order valence-corrected chi connectivity index (χ0v) is 14.9. The lowest BCUT2D eigenvalue weighted by molar-refractivity contribution is -0.138. The van der Waals surface area contributed by atoms with Crippen LogP contribution in [0.1, 0.15) is 43.6 Å². The van der Waals surface area contributed by atoms with Crippen molar-refractivity contribution in [2.24, 2.45) is 0 Å². The first-order valence-corrected chi connectivity index (χ1v) is 8.20. The number of alkyl halides is 3. The van der Waals surface area contributed by atoms with Gasteiger partial charge in [-0.05, 0) is 33.8 Å². The predicted octanol–water partition coefficient (Wildman–Crippen LogP) is 2.72. The van der Waals surface area contributed by atoms with Gasteiger partial charge in [0.15, 0.2) is 0 Å². The van der Waals surface area contributed by atoms with Crippen LogP contribution < -0.4 is 5.32 Å². The average molecular weight is 359 g/mol. The minimum Gasteiger partial charge on any atom is -0.373 e. The Balaban J connectivity index is 2.07. The minimum atomic E-state index is -4.60. The third-order valence-electron chi connectivity index (χ3n) is 4.33. The van der Waals surface area contributed by atoms with Crippen LogP contribution in [0.15, 0.2) is 18.5 Å². The molecule has 1 aliphatic heterocycles. The molecule has 1 saturated heterocycles. The summed E-state index contributed by atoms with van der Waals surface area (Å²) < 4.78 is 44.8. The molecule has 1 fully saturated rings. The van der Waals surface area contributed by atoms with Gasteiger partial charge in [-0.1, -0.05) is 0 Å². The molecule has 25 heavy (non-hydrogen) atoms. The number of carbonyl (C=O) groups excluding carboxylic acids is 1. The van der Waals surface area contributed by atoms with Crippen molar-refractivity contribution in [2.45, 2.75) is 51.6 Å². The fraction of sp³-hybridized carbons (Fsp3) is 0.647. The second kappa shape index (κ2) is 7.29. The van der Waals surface area contributed by atoms with Crippen molar-refractivity contribution in [3.05, 3.63) is 29.6 Å². The normalized spacial score (nSPS) is 22.7. The van der Waals surface area contributed by atoms with Gasteiger partial charge in [-0.25, -0.2) is 0 Å². The Labute approximate surface area is 145 Å². The zero-order chi connectivity index (χ0) is 18.8. The number of carbonyl (C=O) groups is 1. The number of hydrogen-bond acceptors (Lipinski definition) is 4. The molecule has 2 unspecified atom stereocenters. The van der Waals surface area contributed by atoms with Crippen molar-refractivity contribution < 1.29 is 22.7 Å². The number of morpholine rings is 1. The summed E-state index contributed by atoms with van der Waals surface area (Å²) in [6, 6.07) is 0.811. The molecular formula is C17H24F3N3O2. The van der Waals surface area contributed by atoms with Gasteiger partial charge in [-0.2, -0.15) is 13.2 Å². The van der Waals surface area contributed by atoms with Crippen LogP contribution in [-0.4, -0.2) is 53.2 Å². The first-order valence-electron chi connectivity index (χ1n) is 8.20. The van der Waals surface area contributed by atoms with Crippen LogP contribution in [-0.2, 0) is 10.9 Å². The molecule has 0 aliphatic carbocycles. The molecule has 2 atom stereocenters. The molecule has 1 aliphatic rings. The van der Waals surface area contributed by atoms with Gasteiger partial charge in [-0.3, -0.25) is 14.7 Å². The minimum absolute atomic E-state index is 0.0638. The topological polar surface area (TPSA) is 54.5 Å². The van der Waals surface area contributed by atoms with Crippen molar-refractivity contribution in [1.29, 1.82) is 0 Å². The molecule has 2 rings (SSSR count). The third kappa shape index (κ3) is 4.92. The van der Waals surface area contributed by atoms with E-state index in [1.54, 1.807) is 0 Å². The molecule has 5 nitrogen and oxygen atoms in total. The Morgan fingerprint density at radius 3 is 2.48 bits per heavy atom. The van der Waals surface area contributed by atoms with Gasteiger partial charge in [0, 0.05) is 37.6 Å². The summed E-state index contributed by atoms with van der Waals surface area (Å²) in [6.45, 7) is 9.47. The SMILES string of the molecule is CC1CN(C(C)(C)CNC(=O)c2cnccc2C(F)(F)F)CC(C)O1. The maximum atomic E-state index is 13.0. The number of aromatic nitrogens is 1. The number of halogens is 3. The maximum Gasteiger partial charge on any atom is 0.417 e. The van der Waals surface area contributed by atoms with Gasteiger partial charge in [0.05, 0.1) is 23.3 Å². The highest BCUT2D eigenvalue weighted by atomic mass is 19.4. The van der Waals surface area contributed by atoms with E-state index in [4.69, 9.17) is 4.74 Å². The lowest BCUT2D eigenvalue weighted by atomic mass is 9.99. The lowest BCUT2D eigenvalue weighted by Crippen LogP contribution is -2.58. The molecule has 0 bridgehead atoms. The van der Waals surface area contributed by atoms with Crippen molar-refractivity contribution >= 4 is 5.91 Å². The summed E-state index contributed by atoms with van der Waals surface area (Å²) in [4.78, 5) is 18.1. The fourth-order valence-corrected chi connectivity index (χ4v) is 3.00. The second-order valence-electron chi connectivity index (χ2n) is 7.08. The Kier molecular flexibility index (Phi) is 5.73. The first kappa shape index (κ1) is 19.7.